The van der Waals surface area contributed by atoms with Crippen LogP contribution >= 0.6 is 15.9 Å². The highest BCUT2D eigenvalue weighted by Crippen LogP contribution is 2.31. The van der Waals surface area contributed by atoms with Gasteiger partial charge < -0.3 is 10.6 Å². The largest absolute Gasteiger partial charge is 0.366 e. The monoisotopic (exact) mass is 342 g/mol. The predicted molar refractivity (Wildman–Crippen MR) is 91.6 cm³/mol. The molecule has 0 bridgehead atoms. The molecular formula is C18H19BrN2. The Morgan fingerprint density at radius 3 is 2.81 bits per heavy atom. The van der Waals surface area contributed by atoms with Crippen LogP contribution in [0.1, 0.15) is 29.2 Å². The zero-order valence-electron chi connectivity index (χ0n) is 11.9. The van der Waals surface area contributed by atoms with E-state index in [1.807, 2.05) is 0 Å². The van der Waals surface area contributed by atoms with Crippen LogP contribution in [0.2, 0.25) is 0 Å². The Kier molecular flexibility index (Phi) is 4.42. The van der Waals surface area contributed by atoms with Gasteiger partial charge in [0.1, 0.15) is 0 Å². The lowest BCUT2D eigenvalue weighted by Gasteiger charge is -2.34. The second kappa shape index (κ2) is 6.46. The van der Waals surface area contributed by atoms with Gasteiger partial charge in [-0.25, -0.2) is 0 Å². The lowest BCUT2D eigenvalue weighted by atomic mass is 9.98. The molecule has 1 aliphatic heterocycles. The summed E-state index contributed by atoms with van der Waals surface area (Å²) in [7, 11) is 0. The van der Waals surface area contributed by atoms with Crippen LogP contribution in [-0.4, -0.2) is 11.4 Å². The minimum absolute atomic E-state index is 0.317. The third kappa shape index (κ3) is 3.20. The summed E-state index contributed by atoms with van der Waals surface area (Å²) in [5, 5.41) is 0. The van der Waals surface area contributed by atoms with Crippen LogP contribution in [0.15, 0.2) is 59.2 Å². The van der Waals surface area contributed by atoms with Gasteiger partial charge in [-0.05, 0) is 47.9 Å². The molecule has 0 unspecified atom stereocenters. The summed E-state index contributed by atoms with van der Waals surface area (Å²) in [5.74, 6) is 0. The molecule has 0 radical (unpaired) electrons. The molecule has 3 rings (SSSR count). The lowest BCUT2D eigenvalue weighted by molar-refractivity contribution is 0.259. The fourth-order valence-electron chi connectivity index (χ4n) is 2.88. The first-order chi connectivity index (χ1) is 10.3. The standard InChI is InChI=1S/C18H19BrN2/c19-17-7-3-6-15(12-17)18(8-10-20)21-11-9-14-4-1-2-5-16(14)13-21/h1-7,9,11-12,18H,8,10,13,20H2/t18-/m0/s1. The minimum atomic E-state index is 0.317. The number of hydrogen-bond acceptors (Lipinski definition) is 2. The smallest absolute Gasteiger partial charge is 0.0553 e. The maximum atomic E-state index is 5.84. The molecule has 0 amide bonds. The van der Waals surface area contributed by atoms with E-state index in [-0.39, 0.29) is 0 Å². The van der Waals surface area contributed by atoms with Crippen molar-refractivity contribution in [2.75, 3.05) is 6.54 Å². The highest BCUT2D eigenvalue weighted by atomic mass is 79.9. The highest BCUT2D eigenvalue weighted by Gasteiger charge is 2.20. The number of nitrogens with two attached hydrogens (primary N) is 1. The van der Waals surface area contributed by atoms with E-state index in [2.05, 4.69) is 81.6 Å². The zero-order chi connectivity index (χ0) is 14.7. The molecule has 1 heterocycles. The maximum absolute atomic E-state index is 5.84. The molecule has 2 N–H and O–H groups in total. The van der Waals surface area contributed by atoms with Crippen molar-refractivity contribution in [1.29, 1.82) is 0 Å². The number of benzene rings is 2. The Bertz CT molecular complexity index is 651. The van der Waals surface area contributed by atoms with Crippen molar-refractivity contribution in [3.05, 3.63) is 75.9 Å². The van der Waals surface area contributed by atoms with E-state index in [1.54, 1.807) is 0 Å². The predicted octanol–water partition coefficient (Wildman–Crippen LogP) is 4.33. The quantitative estimate of drug-likeness (QED) is 0.896. The molecule has 0 saturated heterocycles. The first kappa shape index (κ1) is 14.4. The molecule has 1 aliphatic rings. The molecule has 2 aromatic rings. The molecular weight excluding hydrogens is 324 g/mol. The highest BCUT2D eigenvalue weighted by molar-refractivity contribution is 9.10. The topological polar surface area (TPSA) is 29.3 Å². The van der Waals surface area contributed by atoms with Gasteiger partial charge in [0, 0.05) is 17.2 Å². The van der Waals surface area contributed by atoms with Gasteiger partial charge in [0.25, 0.3) is 0 Å². The Labute approximate surface area is 134 Å². The summed E-state index contributed by atoms with van der Waals surface area (Å²) in [6.45, 7) is 1.62. The zero-order valence-corrected chi connectivity index (χ0v) is 13.5. The summed E-state index contributed by atoms with van der Waals surface area (Å²) in [6, 6.07) is 17.4. The van der Waals surface area contributed by atoms with Crippen molar-refractivity contribution >= 4 is 22.0 Å². The van der Waals surface area contributed by atoms with Crippen LogP contribution in [0.25, 0.3) is 6.08 Å². The first-order valence-electron chi connectivity index (χ1n) is 7.25. The summed E-state index contributed by atoms with van der Waals surface area (Å²) in [6.07, 6.45) is 5.34. The van der Waals surface area contributed by atoms with E-state index in [9.17, 15) is 0 Å². The van der Waals surface area contributed by atoms with E-state index in [4.69, 9.17) is 5.73 Å². The Morgan fingerprint density at radius 2 is 2.00 bits per heavy atom. The van der Waals surface area contributed by atoms with E-state index in [0.717, 1.165) is 17.4 Å². The third-order valence-electron chi connectivity index (χ3n) is 3.93. The Morgan fingerprint density at radius 1 is 1.14 bits per heavy atom. The van der Waals surface area contributed by atoms with E-state index < -0.39 is 0 Å². The van der Waals surface area contributed by atoms with Gasteiger partial charge >= 0.3 is 0 Å². The van der Waals surface area contributed by atoms with Gasteiger partial charge in [-0.2, -0.15) is 0 Å². The van der Waals surface area contributed by atoms with Gasteiger partial charge in [0.2, 0.25) is 0 Å². The van der Waals surface area contributed by atoms with Crippen LogP contribution in [0.5, 0.6) is 0 Å². The van der Waals surface area contributed by atoms with Crippen molar-refractivity contribution in [2.24, 2.45) is 5.73 Å². The van der Waals surface area contributed by atoms with Crippen LogP contribution < -0.4 is 5.73 Å². The van der Waals surface area contributed by atoms with Crippen molar-refractivity contribution in [1.82, 2.24) is 4.90 Å². The fourth-order valence-corrected chi connectivity index (χ4v) is 3.29. The SMILES string of the molecule is NCC[C@@H](c1cccc(Br)c1)N1C=Cc2ccccc2C1. The van der Waals surface area contributed by atoms with Gasteiger partial charge in [-0.15, -0.1) is 0 Å². The van der Waals surface area contributed by atoms with Crippen molar-refractivity contribution in [3.63, 3.8) is 0 Å². The summed E-state index contributed by atoms with van der Waals surface area (Å²) >= 11 is 3.56. The van der Waals surface area contributed by atoms with Crippen LogP contribution in [0, 0.1) is 0 Å². The Balaban J connectivity index is 1.89. The van der Waals surface area contributed by atoms with Gasteiger partial charge in [0.05, 0.1) is 6.04 Å². The summed E-state index contributed by atoms with van der Waals surface area (Å²) in [5.41, 5.74) is 9.83. The van der Waals surface area contributed by atoms with Gasteiger partial charge in [-0.1, -0.05) is 52.3 Å². The molecule has 2 nitrogen and oxygen atoms in total. The van der Waals surface area contributed by atoms with E-state index in [1.165, 1.54) is 16.7 Å². The average molecular weight is 343 g/mol. The number of nitrogens with zero attached hydrogens (tertiary/aromatic N) is 1. The van der Waals surface area contributed by atoms with Crippen molar-refractivity contribution in [3.8, 4) is 0 Å². The minimum Gasteiger partial charge on any atom is -0.366 e. The number of halogens is 1. The molecule has 0 saturated carbocycles. The van der Waals surface area contributed by atoms with Gasteiger partial charge in [0.15, 0.2) is 0 Å². The molecule has 2 aromatic carbocycles. The van der Waals surface area contributed by atoms with Gasteiger partial charge in [-0.3, -0.25) is 0 Å². The summed E-state index contributed by atoms with van der Waals surface area (Å²) < 4.78 is 1.11. The maximum Gasteiger partial charge on any atom is 0.0553 e. The normalized spacial score (nSPS) is 14.9. The van der Waals surface area contributed by atoms with E-state index >= 15 is 0 Å². The first-order valence-corrected chi connectivity index (χ1v) is 8.04. The van der Waals surface area contributed by atoms with Crippen molar-refractivity contribution < 1.29 is 0 Å². The molecule has 3 heteroatoms. The molecule has 0 aliphatic carbocycles. The molecule has 0 aromatic heterocycles. The van der Waals surface area contributed by atoms with Crippen molar-refractivity contribution in [2.45, 2.75) is 19.0 Å². The summed E-state index contributed by atoms with van der Waals surface area (Å²) in [4.78, 5) is 2.39. The van der Waals surface area contributed by atoms with E-state index in [0.29, 0.717) is 12.6 Å². The molecule has 108 valence electrons. The van der Waals surface area contributed by atoms with Crippen LogP contribution in [-0.2, 0) is 6.54 Å². The molecule has 21 heavy (non-hydrogen) atoms. The molecule has 0 spiro atoms. The second-order valence-corrected chi connectivity index (χ2v) is 6.25. The Hall–Kier alpha value is -1.58. The van der Waals surface area contributed by atoms with Crippen LogP contribution in [0.4, 0.5) is 0 Å². The molecule has 1 atom stereocenters. The third-order valence-corrected chi connectivity index (χ3v) is 4.42. The number of fused-ring (bicyclic) bond motifs is 1. The number of hydrogen-bond donors (Lipinski definition) is 1. The average Bonchev–Trinajstić information content (AvgIpc) is 2.52. The van der Waals surface area contributed by atoms with Crippen LogP contribution in [0.3, 0.4) is 0 Å². The second-order valence-electron chi connectivity index (χ2n) is 5.34. The fraction of sp³-hybridized carbons (Fsp3) is 0.222. The number of rotatable bonds is 4. The lowest BCUT2D eigenvalue weighted by Crippen LogP contribution is -2.27. The molecule has 0 fully saturated rings.